The van der Waals surface area contributed by atoms with Crippen LogP contribution in [0.1, 0.15) is 21.5 Å². The summed E-state index contributed by atoms with van der Waals surface area (Å²) in [7, 11) is 0. The van der Waals surface area contributed by atoms with Gasteiger partial charge >= 0.3 is 0 Å². The molecule has 20 heavy (non-hydrogen) atoms. The summed E-state index contributed by atoms with van der Waals surface area (Å²) in [6.07, 6.45) is 0.849. The molecule has 0 aromatic heterocycles. The van der Waals surface area contributed by atoms with Crippen molar-refractivity contribution in [3.8, 4) is 5.75 Å². The molecule has 1 aliphatic heterocycles. The zero-order valence-corrected chi connectivity index (χ0v) is 11.8. The lowest BCUT2D eigenvalue weighted by atomic mass is 10.1. The summed E-state index contributed by atoms with van der Waals surface area (Å²) >= 11 is 6.12. The van der Waals surface area contributed by atoms with Gasteiger partial charge in [0.1, 0.15) is 5.75 Å². The second-order valence-corrected chi connectivity index (χ2v) is 5.27. The van der Waals surface area contributed by atoms with Crippen LogP contribution in [0.5, 0.6) is 5.75 Å². The van der Waals surface area contributed by atoms with Gasteiger partial charge in [0.15, 0.2) is 0 Å². The molecule has 0 saturated heterocycles. The molecule has 3 nitrogen and oxygen atoms in total. The lowest BCUT2D eigenvalue weighted by Gasteiger charge is -2.08. The molecule has 2 aromatic carbocycles. The van der Waals surface area contributed by atoms with E-state index in [1.165, 1.54) is 0 Å². The number of hydrogen-bond acceptors (Lipinski definition) is 2. The lowest BCUT2D eigenvalue weighted by Crippen LogP contribution is -2.12. The number of nitrogens with one attached hydrogen (secondary N) is 1. The number of carbonyl (C=O) groups excluding carboxylic acids is 1. The van der Waals surface area contributed by atoms with E-state index in [1.54, 1.807) is 6.07 Å². The van der Waals surface area contributed by atoms with Gasteiger partial charge in [0.05, 0.1) is 17.3 Å². The molecule has 1 aliphatic rings. The second-order valence-electron chi connectivity index (χ2n) is 4.86. The quantitative estimate of drug-likeness (QED) is 0.911. The number of benzene rings is 2. The predicted molar refractivity (Wildman–Crippen MR) is 79.8 cm³/mol. The van der Waals surface area contributed by atoms with Gasteiger partial charge in [-0.1, -0.05) is 17.7 Å². The van der Waals surface area contributed by atoms with Gasteiger partial charge in [-0.05, 0) is 48.4 Å². The second kappa shape index (κ2) is 5.17. The molecular formula is C16H14ClNO2. The van der Waals surface area contributed by atoms with Crippen molar-refractivity contribution in [1.29, 1.82) is 0 Å². The number of carbonyl (C=O) groups is 1. The van der Waals surface area contributed by atoms with Crippen LogP contribution in [0, 0.1) is 6.92 Å². The van der Waals surface area contributed by atoms with Crippen molar-refractivity contribution in [2.45, 2.75) is 13.3 Å². The van der Waals surface area contributed by atoms with Crippen LogP contribution in [0.25, 0.3) is 0 Å². The molecule has 1 N–H and O–H groups in total. The molecule has 0 unspecified atom stereocenters. The summed E-state index contributed by atoms with van der Waals surface area (Å²) in [5.74, 6) is 0.709. The SMILES string of the molecule is Cc1ccc(NC(=O)c2ccc3c(c2)CCO3)c(Cl)c1. The van der Waals surface area contributed by atoms with Crippen LogP contribution < -0.4 is 10.1 Å². The third-order valence-electron chi connectivity index (χ3n) is 3.32. The maximum Gasteiger partial charge on any atom is 0.255 e. The van der Waals surface area contributed by atoms with Crippen LogP contribution in [0.3, 0.4) is 0 Å². The number of halogens is 1. The third-order valence-corrected chi connectivity index (χ3v) is 3.64. The van der Waals surface area contributed by atoms with Crippen molar-refractivity contribution in [3.05, 3.63) is 58.1 Å². The van der Waals surface area contributed by atoms with E-state index in [-0.39, 0.29) is 5.91 Å². The van der Waals surface area contributed by atoms with Gasteiger partial charge in [0.25, 0.3) is 5.91 Å². The number of aryl methyl sites for hydroxylation is 1. The van der Waals surface area contributed by atoms with E-state index in [0.717, 1.165) is 23.3 Å². The minimum atomic E-state index is -0.162. The van der Waals surface area contributed by atoms with Crippen LogP contribution in [0.15, 0.2) is 36.4 Å². The summed E-state index contributed by atoms with van der Waals surface area (Å²) in [6.45, 7) is 2.64. The first-order valence-corrected chi connectivity index (χ1v) is 6.84. The van der Waals surface area contributed by atoms with Crippen molar-refractivity contribution >= 4 is 23.2 Å². The Kier molecular flexibility index (Phi) is 3.36. The molecule has 102 valence electrons. The van der Waals surface area contributed by atoms with Gasteiger partial charge in [-0.3, -0.25) is 4.79 Å². The minimum Gasteiger partial charge on any atom is -0.493 e. The van der Waals surface area contributed by atoms with E-state index < -0.39 is 0 Å². The molecule has 0 fully saturated rings. The van der Waals surface area contributed by atoms with Gasteiger partial charge in [0.2, 0.25) is 0 Å². The number of amides is 1. The summed E-state index contributed by atoms with van der Waals surface area (Å²) in [5.41, 5.74) is 3.38. The molecule has 0 radical (unpaired) electrons. The average molecular weight is 288 g/mol. The smallest absolute Gasteiger partial charge is 0.255 e. The highest BCUT2D eigenvalue weighted by Gasteiger charge is 2.15. The number of fused-ring (bicyclic) bond motifs is 1. The monoisotopic (exact) mass is 287 g/mol. The highest BCUT2D eigenvalue weighted by Crippen LogP contribution is 2.27. The van der Waals surface area contributed by atoms with Crippen LogP contribution in [-0.4, -0.2) is 12.5 Å². The maximum atomic E-state index is 12.2. The first kappa shape index (κ1) is 13.0. The van der Waals surface area contributed by atoms with Crippen LogP contribution in [0.2, 0.25) is 5.02 Å². The lowest BCUT2D eigenvalue weighted by molar-refractivity contribution is 0.102. The van der Waals surface area contributed by atoms with Crippen molar-refractivity contribution in [3.63, 3.8) is 0 Å². The van der Waals surface area contributed by atoms with Crippen molar-refractivity contribution in [2.24, 2.45) is 0 Å². The fourth-order valence-corrected chi connectivity index (χ4v) is 2.53. The molecule has 1 amide bonds. The Balaban J connectivity index is 1.82. The van der Waals surface area contributed by atoms with Gasteiger partial charge in [-0.25, -0.2) is 0 Å². The number of hydrogen-bond donors (Lipinski definition) is 1. The van der Waals surface area contributed by atoms with Crippen molar-refractivity contribution in [1.82, 2.24) is 0 Å². The highest BCUT2D eigenvalue weighted by molar-refractivity contribution is 6.34. The Bertz CT molecular complexity index is 682. The van der Waals surface area contributed by atoms with Gasteiger partial charge in [0, 0.05) is 12.0 Å². The van der Waals surface area contributed by atoms with E-state index in [0.29, 0.717) is 22.9 Å². The number of ether oxygens (including phenoxy) is 1. The number of rotatable bonds is 2. The molecule has 3 rings (SSSR count). The van der Waals surface area contributed by atoms with Crippen LogP contribution in [0.4, 0.5) is 5.69 Å². The first-order valence-electron chi connectivity index (χ1n) is 6.47. The fraction of sp³-hybridized carbons (Fsp3) is 0.188. The maximum absolute atomic E-state index is 12.2. The standard InChI is InChI=1S/C16H14ClNO2/c1-10-2-4-14(13(17)8-10)18-16(19)12-3-5-15-11(9-12)6-7-20-15/h2-5,8-9H,6-7H2,1H3,(H,18,19). The molecule has 0 bridgehead atoms. The fourth-order valence-electron chi connectivity index (χ4n) is 2.24. The molecular weight excluding hydrogens is 274 g/mol. The summed E-state index contributed by atoms with van der Waals surface area (Å²) in [4.78, 5) is 12.2. The Labute approximate surface area is 122 Å². The predicted octanol–water partition coefficient (Wildman–Crippen LogP) is 3.84. The molecule has 0 saturated carbocycles. The summed E-state index contributed by atoms with van der Waals surface area (Å²) in [6, 6.07) is 11.0. The van der Waals surface area contributed by atoms with E-state index >= 15 is 0 Å². The molecule has 0 aliphatic carbocycles. The highest BCUT2D eigenvalue weighted by atomic mass is 35.5. The molecule has 2 aromatic rings. The minimum absolute atomic E-state index is 0.162. The van der Waals surface area contributed by atoms with E-state index in [2.05, 4.69) is 5.32 Å². The van der Waals surface area contributed by atoms with Crippen LogP contribution in [-0.2, 0) is 6.42 Å². The Morgan fingerprint density at radius 2 is 2.10 bits per heavy atom. The molecule has 0 spiro atoms. The topological polar surface area (TPSA) is 38.3 Å². The van der Waals surface area contributed by atoms with Crippen molar-refractivity contribution < 1.29 is 9.53 Å². The molecule has 1 heterocycles. The van der Waals surface area contributed by atoms with E-state index in [1.807, 2.05) is 37.3 Å². The Hall–Kier alpha value is -2.00. The zero-order valence-electron chi connectivity index (χ0n) is 11.1. The van der Waals surface area contributed by atoms with E-state index in [4.69, 9.17) is 16.3 Å². The molecule has 4 heteroatoms. The normalized spacial score (nSPS) is 12.7. The first-order chi connectivity index (χ1) is 9.63. The molecule has 0 atom stereocenters. The number of anilines is 1. The van der Waals surface area contributed by atoms with Gasteiger partial charge < -0.3 is 10.1 Å². The third kappa shape index (κ3) is 2.49. The Morgan fingerprint density at radius 3 is 2.90 bits per heavy atom. The van der Waals surface area contributed by atoms with E-state index in [9.17, 15) is 4.79 Å². The zero-order chi connectivity index (χ0) is 14.1. The summed E-state index contributed by atoms with van der Waals surface area (Å²) < 4.78 is 5.43. The largest absolute Gasteiger partial charge is 0.493 e. The van der Waals surface area contributed by atoms with Gasteiger partial charge in [-0.2, -0.15) is 0 Å². The summed E-state index contributed by atoms with van der Waals surface area (Å²) in [5, 5.41) is 3.38. The Morgan fingerprint density at radius 1 is 1.25 bits per heavy atom. The van der Waals surface area contributed by atoms with Crippen molar-refractivity contribution in [2.75, 3.05) is 11.9 Å². The van der Waals surface area contributed by atoms with Crippen LogP contribution >= 0.6 is 11.6 Å². The average Bonchev–Trinajstić information content (AvgIpc) is 2.89. The van der Waals surface area contributed by atoms with Gasteiger partial charge in [-0.15, -0.1) is 0 Å².